The molecule has 1 aromatic carbocycles. The van der Waals surface area contributed by atoms with E-state index in [1.54, 1.807) is 9.80 Å². The van der Waals surface area contributed by atoms with Crippen LogP contribution >= 0.6 is 0 Å². The van der Waals surface area contributed by atoms with Crippen LogP contribution in [-0.4, -0.2) is 53.7 Å². The van der Waals surface area contributed by atoms with Gasteiger partial charge in [-0.05, 0) is 24.8 Å². The van der Waals surface area contributed by atoms with Crippen LogP contribution in [0.1, 0.15) is 24.8 Å². The molecule has 2 atom stereocenters. The number of carbonyl (C=O) groups excluding carboxylic acids is 3. The summed E-state index contributed by atoms with van der Waals surface area (Å²) in [5.41, 5.74) is 6.57. The van der Waals surface area contributed by atoms with Crippen LogP contribution in [0.2, 0.25) is 0 Å². The number of rotatable bonds is 5. The van der Waals surface area contributed by atoms with Crippen molar-refractivity contribution in [3.05, 3.63) is 35.9 Å². The van der Waals surface area contributed by atoms with Crippen molar-refractivity contribution >= 4 is 17.7 Å². The van der Waals surface area contributed by atoms with E-state index in [9.17, 15) is 14.4 Å². The molecule has 25 heavy (non-hydrogen) atoms. The summed E-state index contributed by atoms with van der Waals surface area (Å²) in [6.07, 6.45) is 2.59. The first-order chi connectivity index (χ1) is 12.0. The summed E-state index contributed by atoms with van der Waals surface area (Å²) < 4.78 is 0. The van der Waals surface area contributed by atoms with Gasteiger partial charge in [-0.3, -0.25) is 14.4 Å². The normalized spacial score (nSPS) is 23.8. The summed E-state index contributed by atoms with van der Waals surface area (Å²) in [5, 5.41) is 0. The van der Waals surface area contributed by atoms with Crippen molar-refractivity contribution in [2.24, 2.45) is 17.6 Å². The van der Waals surface area contributed by atoms with E-state index >= 15 is 0 Å². The molecule has 0 bridgehead atoms. The second-order valence-corrected chi connectivity index (χ2v) is 7.00. The van der Waals surface area contributed by atoms with Crippen molar-refractivity contribution < 1.29 is 14.4 Å². The van der Waals surface area contributed by atoms with E-state index in [0.29, 0.717) is 26.2 Å². The van der Waals surface area contributed by atoms with Gasteiger partial charge in [0, 0.05) is 32.6 Å². The van der Waals surface area contributed by atoms with E-state index in [1.165, 1.54) is 5.56 Å². The Morgan fingerprint density at radius 3 is 2.60 bits per heavy atom. The number of amides is 3. The van der Waals surface area contributed by atoms with Gasteiger partial charge >= 0.3 is 0 Å². The lowest BCUT2D eigenvalue weighted by Crippen LogP contribution is -2.46. The number of nitrogens with zero attached hydrogens (tertiary/aromatic N) is 2. The number of carbonyl (C=O) groups is 3. The molecule has 2 aliphatic heterocycles. The predicted octanol–water partition coefficient (Wildman–Crippen LogP) is 0.801. The van der Waals surface area contributed by atoms with E-state index in [-0.39, 0.29) is 36.0 Å². The average molecular weight is 343 g/mol. The highest BCUT2D eigenvalue weighted by molar-refractivity contribution is 5.89. The third kappa shape index (κ3) is 4.18. The Hall–Kier alpha value is -2.37. The summed E-state index contributed by atoms with van der Waals surface area (Å²) in [7, 11) is 0. The first kappa shape index (κ1) is 17.5. The summed E-state index contributed by atoms with van der Waals surface area (Å²) in [6, 6.07) is 10.0. The largest absolute Gasteiger partial charge is 0.369 e. The molecule has 134 valence electrons. The van der Waals surface area contributed by atoms with Gasteiger partial charge in [0.05, 0.1) is 11.8 Å². The number of hydrogen-bond donors (Lipinski definition) is 1. The molecule has 3 amide bonds. The van der Waals surface area contributed by atoms with Crippen molar-refractivity contribution in [3.63, 3.8) is 0 Å². The molecular formula is C19H25N3O3. The molecule has 1 aromatic rings. The number of likely N-dealkylation sites (tertiary alicyclic amines) is 2. The maximum absolute atomic E-state index is 12.7. The lowest BCUT2D eigenvalue weighted by molar-refractivity contribution is -0.139. The third-order valence-corrected chi connectivity index (χ3v) is 5.21. The average Bonchev–Trinajstić information content (AvgIpc) is 3.01. The number of primary amides is 1. The molecule has 3 rings (SSSR count). The molecule has 2 saturated heterocycles. The Balaban J connectivity index is 1.54. The van der Waals surface area contributed by atoms with Gasteiger partial charge in [-0.15, -0.1) is 0 Å². The van der Waals surface area contributed by atoms with Crippen LogP contribution in [0.4, 0.5) is 0 Å². The molecule has 2 N–H and O–H groups in total. The predicted molar refractivity (Wildman–Crippen MR) is 93.3 cm³/mol. The molecular weight excluding hydrogens is 318 g/mol. The highest BCUT2D eigenvalue weighted by Crippen LogP contribution is 2.24. The van der Waals surface area contributed by atoms with Gasteiger partial charge in [0.1, 0.15) is 0 Å². The minimum Gasteiger partial charge on any atom is -0.369 e. The lowest BCUT2D eigenvalue weighted by Gasteiger charge is -2.32. The number of benzene rings is 1. The highest BCUT2D eigenvalue weighted by atomic mass is 16.2. The van der Waals surface area contributed by atoms with Gasteiger partial charge in [0.25, 0.3) is 0 Å². The van der Waals surface area contributed by atoms with E-state index in [2.05, 4.69) is 0 Å². The molecule has 2 heterocycles. The van der Waals surface area contributed by atoms with Gasteiger partial charge in [0.2, 0.25) is 17.7 Å². The van der Waals surface area contributed by atoms with Crippen molar-refractivity contribution in [1.29, 1.82) is 0 Å². The summed E-state index contributed by atoms with van der Waals surface area (Å²) in [4.78, 5) is 39.9. The standard InChI is InChI=1S/C19H25N3O3/c20-18(24)15-7-4-9-22(12-15)19(25)16-11-17(23)21(13-16)10-8-14-5-2-1-3-6-14/h1-3,5-6,15-16H,4,7-13H2,(H2,20,24). The summed E-state index contributed by atoms with van der Waals surface area (Å²) in [6.45, 7) is 2.15. The smallest absolute Gasteiger partial charge is 0.228 e. The van der Waals surface area contributed by atoms with E-state index in [1.807, 2.05) is 30.3 Å². The van der Waals surface area contributed by atoms with Gasteiger partial charge in [0.15, 0.2) is 0 Å². The Labute approximate surface area is 148 Å². The Morgan fingerprint density at radius 2 is 1.88 bits per heavy atom. The maximum Gasteiger partial charge on any atom is 0.228 e. The molecule has 0 aromatic heterocycles. The quantitative estimate of drug-likeness (QED) is 0.858. The fourth-order valence-corrected chi connectivity index (χ4v) is 3.73. The zero-order chi connectivity index (χ0) is 17.8. The van der Waals surface area contributed by atoms with Crippen molar-refractivity contribution in [2.45, 2.75) is 25.7 Å². The van der Waals surface area contributed by atoms with Gasteiger partial charge in [-0.25, -0.2) is 0 Å². The Kier molecular flexibility index (Phi) is 5.36. The zero-order valence-corrected chi connectivity index (χ0v) is 14.4. The Morgan fingerprint density at radius 1 is 1.12 bits per heavy atom. The van der Waals surface area contributed by atoms with Crippen LogP contribution in [0.15, 0.2) is 30.3 Å². The maximum atomic E-state index is 12.7. The van der Waals surface area contributed by atoms with Gasteiger partial charge in [-0.2, -0.15) is 0 Å². The van der Waals surface area contributed by atoms with Crippen molar-refractivity contribution in [3.8, 4) is 0 Å². The highest BCUT2D eigenvalue weighted by Gasteiger charge is 2.38. The molecule has 2 aliphatic rings. The number of piperidine rings is 1. The fraction of sp³-hybridized carbons (Fsp3) is 0.526. The van der Waals surface area contributed by atoms with Crippen molar-refractivity contribution in [1.82, 2.24) is 9.80 Å². The van der Waals surface area contributed by atoms with Gasteiger partial charge in [-0.1, -0.05) is 30.3 Å². The van der Waals surface area contributed by atoms with Crippen LogP contribution in [0.25, 0.3) is 0 Å². The van der Waals surface area contributed by atoms with E-state index in [0.717, 1.165) is 19.3 Å². The molecule has 2 unspecified atom stereocenters. The lowest BCUT2D eigenvalue weighted by atomic mass is 9.96. The topological polar surface area (TPSA) is 83.7 Å². The molecule has 0 spiro atoms. The molecule has 6 nitrogen and oxygen atoms in total. The zero-order valence-electron chi connectivity index (χ0n) is 14.4. The molecule has 6 heteroatoms. The number of nitrogens with two attached hydrogens (primary N) is 1. The van der Waals surface area contributed by atoms with E-state index in [4.69, 9.17) is 5.73 Å². The molecule has 2 fully saturated rings. The van der Waals surface area contributed by atoms with Crippen LogP contribution in [0, 0.1) is 11.8 Å². The van der Waals surface area contributed by atoms with Crippen LogP contribution < -0.4 is 5.73 Å². The van der Waals surface area contributed by atoms with Crippen LogP contribution in [0.3, 0.4) is 0 Å². The number of hydrogen-bond acceptors (Lipinski definition) is 3. The molecule has 0 radical (unpaired) electrons. The monoisotopic (exact) mass is 343 g/mol. The van der Waals surface area contributed by atoms with Crippen LogP contribution in [0.5, 0.6) is 0 Å². The third-order valence-electron chi connectivity index (χ3n) is 5.21. The Bertz CT molecular complexity index is 647. The van der Waals surface area contributed by atoms with Crippen molar-refractivity contribution in [2.75, 3.05) is 26.2 Å². The SMILES string of the molecule is NC(=O)C1CCCN(C(=O)C2CC(=O)N(CCc3ccccc3)C2)C1. The first-order valence-electron chi connectivity index (χ1n) is 8.94. The summed E-state index contributed by atoms with van der Waals surface area (Å²) >= 11 is 0. The second-order valence-electron chi connectivity index (χ2n) is 7.00. The molecule has 0 aliphatic carbocycles. The minimum atomic E-state index is -0.343. The van der Waals surface area contributed by atoms with Crippen LogP contribution in [-0.2, 0) is 20.8 Å². The summed E-state index contributed by atoms with van der Waals surface area (Å²) in [5.74, 6) is -0.873. The second kappa shape index (κ2) is 7.68. The van der Waals surface area contributed by atoms with E-state index < -0.39 is 0 Å². The first-order valence-corrected chi connectivity index (χ1v) is 8.94. The van der Waals surface area contributed by atoms with Gasteiger partial charge < -0.3 is 15.5 Å². The fourth-order valence-electron chi connectivity index (χ4n) is 3.73. The minimum absolute atomic E-state index is 0.0125. The molecule has 0 saturated carbocycles.